The van der Waals surface area contributed by atoms with Crippen LogP contribution in [0.3, 0.4) is 0 Å². The first-order valence-electron chi connectivity index (χ1n) is 7.25. The third-order valence-electron chi connectivity index (χ3n) is 5.11. The van der Waals surface area contributed by atoms with Crippen LogP contribution in [0.5, 0.6) is 0 Å². The van der Waals surface area contributed by atoms with Crippen molar-refractivity contribution in [1.29, 1.82) is 0 Å². The zero-order valence-electron chi connectivity index (χ0n) is 11.2. The standard InChI is InChI=1S/C14H26N2O/c1-11-8-15-13(12-4-5-12)9-16(11)10-14(17-2)6-3-7-14/h11-13,15H,3-10H2,1-2H3. The molecule has 3 rings (SSSR count). The molecule has 1 heterocycles. The minimum Gasteiger partial charge on any atom is -0.377 e. The molecule has 1 N–H and O–H groups in total. The van der Waals surface area contributed by atoms with Gasteiger partial charge in [-0.2, -0.15) is 0 Å². The van der Waals surface area contributed by atoms with Gasteiger partial charge in [0.15, 0.2) is 0 Å². The lowest BCUT2D eigenvalue weighted by molar-refractivity contribution is -0.101. The van der Waals surface area contributed by atoms with E-state index >= 15 is 0 Å². The summed E-state index contributed by atoms with van der Waals surface area (Å²) >= 11 is 0. The summed E-state index contributed by atoms with van der Waals surface area (Å²) in [5.74, 6) is 0.963. The van der Waals surface area contributed by atoms with Crippen LogP contribution in [-0.4, -0.2) is 49.3 Å². The van der Waals surface area contributed by atoms with Crippen molar-refractivity contribution in [3.05, 3.63) is 0 Å². The molecule has 2 saturated carbocycles. The summed E-state index contributed by atoms with van der Waals surface area (Å²) in [6.07, 6.45) is 6.74. The highest BCUT2D eigenvalue weighted by Gasteiger charge is 2.42. The van der Waals surface area contributed by atoms with Crippen LogP contribution in [0, 0.1) is 5.92 Å². The molecule has 2 unspecified atom stereocenters. The smallest absolute Gasteiger partial charge is 0.0805 e. The van der Waals surface area contributed by atoms with E-state index in [9.17, 15) is 0 Å². The second-order valence-corrected chi connectivity index (χ2v) is 6.37. The zero-order chi connectivity index (χ0) is 11.9. The van der Waals surface area contributed by atoms with Gasteiger partial charge in [0.2, 0.25) is 0 Å². The molecule has 2 aliphatic carbocycles. The van der Waals surface area contributed by atoms with Crippen LogP contribution in [0.1, 0.15) is 39.0 Å². The van der Waals surface area contributed by atoms with E-state index in [1.165, 1.54) is 38.6 Å². The van der Waals surface area contributed by atoms with Gasteiger partial charge in [0.05, 0.1) is 5.60 Å². The van der Waals surface area contributed by atoms with E-state index in [4.69, 9.17) is 4.74 Å². The van der Waals surface area contributed by atoms with E-state index in [2.05, 4.69) is 17.1 Å². The maximum atomic E-state index is 5.77. The highest BCUT2D eigenvalue weighted by atomic mass is 16.5. The molecule has 0 radical (unpaired) electrons. The second kappa shape index (κ2) is 4.52. The van der Waals surface area contributed by atoms with Gasteiger partial charge in [-0.05, 0) is 44.9 Å². The number of rotatable bonds is 4. The molecule has 17 heavy (non-hydrogen) atoms. The normalized spacial score (nSPS) is 37.8. The van der Waals surface area contributed by atoms with Crippen molar-refractivity contribution in [3.8, 4) is 0 Å². The quantitative estimate of drug-likeness (QED) is 0.805. The Balaban J connectivity index is 1.59. The average molecular weight is 238 g/mol. The van der Waals surface area contributed by atoms with Gasteiger partial charge in [0.25, 0.3) is 0 Å². The van der Waals surface area contributed by atoms with E-state index < -0.39 is 0 Å². The molecule has 0 aromatic carbocycles. The zero-order valence-corrected chi connectivity index (χ0v) is 11.2. The fourth-order valence-electron chi connectivity index (χ4n) is 3.35. The van der Waals surface area contributed by atoms with E-state index in [1.807, 2.05) is 7.11 Å². The Morgan fingerprint density at radius 3 is 2.65 bits per heavy atom. The van der Waals surface area contributed by atoms with Crippen molar-refractivity contribution >= 4 is 0 Å². The Kier molecular flexibility index (Phi) is 3.18. The molecule has 98 valence electrons. The van der Waals surface area contributed by atoms with Crippen molar-refractivity contribution in [2.24, 2.45) is 5.92 Å². The summed E-state index contributed by atoms with van der Waals surface area (Å²) < 4.78 is 5.77. The van der Waals surface area contributed by atoms with Crippen LogP contribution in [0.2, 0.25) is 0 Å². The topological polar surface area (TPSA) is 24.5 Å². The predicted octanol–water partition coefficient (Wildman–Crippen LogP) is 1.63. The molecule has 0 aromatic rings. The van der Waals surface area contributed by atoms with E-state index in [0.29, 0.717) is 6.04 Å². The van der Waals surface area contributed by atoms with Crippen LogP contribution in [0.25, 0.3) is 0 Å². The Labute approximate surface area is 105 Å². The van der Waals surface area contributed by atoms with Crippen molar-refractivity contribution in [2.75, 3.05) is 26.7 Å². The first-order chi connectivity index (χ1) is 8.22. The first kappa shape index (κ1) is 11.9. The molecule has 0 aromatic heterocycles. The molecular formula is C14H26N2O. The highest BCUT2D eigenvalue weighted by Crippen LogP contribution is 2.38. The maximum Gasteiger partial charge on any atom is 0.0805 e. The molecule has 1 saturated heterocycles. The molecule has 0 bridgehead atoms. The first-order valence-corrected chi connectivity index (χ1v) is 7.25. The van der Waals surface area contributed by atoms with Gasteiger partial charge in [-0.25, -0.2) is 0 Å². The molecular weight excluding hydrogens is 212 g/mol. The molecule has 0 amide bonds. The van der Waals surface area contributed by atoms with E-state index in [1.54, 1.807) is 0 Å². The van der Waals surface area contributed by atoms with Crippen LogP contribution in [0.4, 0.5) is 0 Å². The van der Waals surface area contributed by atoms with Crippen LogP contribution in [0.15, 0.2) is 0 Å². The monoisotopic (exact) mass is 238 g/mol. The molecule has 0 spiro atoms. The average Bonchev–Trinajstić information content (AvgIpc) is 3.10. The van der Waals surface area contributed by atoms with E-state index in [-0.39, 0.29) is 5.60 Å². The Morgan fingerprint density at radius 2 is 2.12 bits per heavy atom. The van der Waals surface area contributed by atoms with Crippen molar-refractivity contribution in [1.82, 2.24) is 10.2 Å². The fourth-order valence-corrected chi connectivity index (χ4v) is 3.35. The number of nitrogens with one attached hydrogen (secondary N) is 1. The summed E-state index contributed by atoms with van der Waals surface area (Å²) in [4.78, 5) is 2.67. The maximum absolute atomic E-state index is 5.77. The summed E-state index contributed by atoms with van der Waals surface area (Å²) in [7, 11) is 1.89. The molecule has 3 heteroatoms. The van der Waals surface area contributed by atoms with Crippen molar-refractivity contribution in [3.63, 3.8) is 0 Å². The molecule has 1 aliphatic heterocycles. The Hall–Kier alpha value is -0.120. The number of methoxy groups -OCH3 is 1. The second-order valence-electron chi connectivity index (χ2n) is 6.37. The molecule has 3 nitrogen and oxygen atoms in total. The van der Waals surface area contributed by atoms with Crippen LogP contribution >= 0.6 is 0 Å². The lowest BCUT2D eigenvalue weighted by atomic mass is 9.79. The summed E-state index contributed by atoms with van der Waals surface area (Å²) in [6.45, 7) is 5.88. The minimum absolute atomic E-state index is 0.194. The molecule has 3 aliphatic rings. The van der Waals surface area contributed by atoms with Gasteiger partial charge in [0.1, 0.15) is 0 Å². The largest absolute Gasteiger partial charge is 0.377 e. The lowest BCUT2D eigenvalue weighted by Gasteiger charge is -2.48. The number of piperazine rings is 1. The third-order valence-corrected chi connectivity index (χ3v) is 5.11. The Morgan fingerprint density at radius 1 is 1.35 bits per heavy atom. The van der Waals surface area contributed by atoms with Gasteiger partial charge in [-0.1, -0.05) is 0 Å². The molecule has 3 fully saturated rings. The summed E-state index contributed by atoms with van der Waals surface area (Å²) in [5, 5.41) is 3.72. The van der Waals surface area contributed by atoms with Gasteiger partial charge in [-0.15, -0.1) is 0 Å². The highest BCUT2D eigenvalue weighted by molar-refractivity contribution is 4.98. The lowest BCUT2D eigenvalue weighted by Crippen LogP contribution is -2.61. The number of hydrogen-bond donors (Lipinski definition) is 1. The molecule has 2 atom stereocenters. The van der Waals surface area contributed by atoms with Crippen molar-refractivity contribution < 1.29 is 4.74 Å². The van der Waals surface area contributed by atoms with Crippen LogP contribution in [-0.2, 0) is 4.74 Å². The number of ether oxygens (including phenoxy) is 1. The fraction of sp³-hybridized carbons (Fsp3) is 1.00. The summed E-state index contributed by atoms with van der Waals surface area (Å²) in [5.41, 5.74) is 0.194. The predicted molar refractivity (Wildman–Crippen MR) is 69.1 cm³/mol. The SMILES string of the molecule is COC1(CN2CC(C3CC3)NCC2C)CCC1. The number of hydrogen-bond acceptors (Lipinski definition) is 3. The Bertz CT molecular complexity index is 268. The van der Waals surface area contributed by atoms with E-state index in [0.717, 1.165) is 25.0 Å². The van der Waals surface area contributed by atoms with Gasteiger partial charge in [0, 0.05) is 38.8 Å². The minimum atomic E-state index is 0.194. The van der Waals surface area contributed by atoms with Crippen molar-refractivity contribution in [2.45, 2.75) is 56.7 Å². The van der Waals surface area contributed by atoms with Gasteiger partial charge < -0.3 is 10.1 Å². The third kappa shape index (κ3) is 2.38. The number of nitrogens with zero attached hydrogens (tertiary/aromatic N) is 1. The van der Waals surface area contributed by atoms with Crippen LogP contribution < -0.4 is 5.32 Å². The van der Waals surface area contributed by atoms with Gasteiger partial charge in [-0.3, -0.25) is 4.90 Å². The van der Waals surface area contributed by atoms with Gasteiger partial charge >= 0.3 is 0 Å². The summed E-state index contributed by atoms with van der Waals surface area (Å²) in [6, 6.07) is 1.41.